The zero-order chi connectivity index (χ0) is 15.1. The molecule has 0 unspecified atom stereocenters. The van der Waals surface area contributed by atoms with Crippen molar-refractivity contribution < 1.29 is 14.2 Å². The zero-order valence-electron chi connectivity index (χ0n) is 12.5. The molecule has 0 aromatic heterocycles. The molecular weight excluding hydrogens is 266 g/mol. The third-order valence-corrected chi connectivity index (χ3v) is 3.01. The SMILES string of the molecule is CCOc1ccc(OCCOc2ccc(C)c(N)c2)cc1. The van der Waals surface area contributed by atoms with Crippen LogP contribution in [-0.2, 0) is 0 Å². The Labute approximate surface area is 125 Å². The maximum Gasteiger partial charge on any atom is 0.122 e. The third-order valence-electron chi connectivity index (χ3n) is 3.01. The van der Waals surface area contributed by atoms with Crippen LogP contribution in [0.2, 0.25) is 0 Å². The number of anilines is 1. The van der Waals surface area contributed by atoms with Gasteiger partial charge in [-0.05, 0) is 49.7 Å². The molecule has 0 bridgehead atoms. The summed E-state index contributed by atoms with van der Waals surface area (Å²) in [6.07, 6.45) is 0. The van der Waals surface area contributed by atoms with Gasteiger partial charge in [0.25, 0.3) is 0 Å². The number of rotatable bonds is 7. The molecule has 21 heavy (non-hydrogen) atoms. The summed E-state index contributed by atoms with van der Waals surface area (Å²) in [4.78, 5) is 0. The molecule has 0 fully saturated rings. The smallest absolute Gasteiger partial charge is 0.122 e. The van der Waals surface area contributed by atoms with Gasteiger partial charge in [0.05, 0.1) is 6.61 Å². The van der Waals surface area contributed by atoms with Crippen LogP contribution >= 0.6 is 0 Å². The van der Waals surface area contributed by atoms with E-state index in [0.29, 0.717) is 19.8 Å². The Morgan fingerprint density at radius 3 is 1.90 bits per heavy atom. The van der Waals surface area contributed by atoms with Crippen molar-refractivity contribution in [3.8, 4) is 17.2 Å². The van der Waals surface area contributed by atoms with Gasteiger partial charge in [-0.15, -0.1) is 0 Å². The largest absolute Gasteiger partial charge is 0.494 e. The highest BCUT2D eigenvalue weighted by Crippen LogP contribution is 2.19. The second-order valence-electron chi connectivity index (χ2n) is 4.62. The van der Waals surface area contributed by atoms with Gasteiger partial charge in [0.1, 0.15) is 30.5 Å². The minimum absolute atomic E-state index is 0.468. The first-order chi connectivity index (χ1) is 10.2. The summed E-state index contributed by atoms with van der Waals surface area (Å²) in [6.45, 7) is 5.53. The molecule has 0 aliphatic carbocycles. The zero-order valence-corrected chi connectivity index (χ0v) is 12.5. The standard InChI is InChI=1S/C17H21NO3/c1-3-19-14-6-8-15(9-7-14)20-10-11-21-16-5-4-13(2)17(18)12-16/h4-9,12H,3,10-11,18H2,1-2H3. The Morgan fingerprint density at radius 2 is 1.33 bits per heavy atom. The van der Waals surface area contributed by atoms with Crippen molar-refractivity contribution in [3.05, 3.63) is 48.0 Å². The lowest BCUT2D eigenvalue weighted by Crippen LogP contribution is -2.09. The summed E-state index contributed by atoms with van der Waals surface area (Å²) in [5.41, 5.74) is 7.62. The van der Waals surface area contributed by atoms with E-state index >= 15 is 0 Å². The van der Waals surface area contributed by atoms with Gasteiger partial charge in [0.15, 0.2) is 0 Å². The summed E-state index contributed by atoms with van der Waals surface area (Å²) in [5, 5.41) is 0. The molecule has 0 saturated heterocycles. The van der Waals surface area contributed by atoms with Crippen LogP contribution in [0.3, 0.4) is 0 Å². The molecule has 0 amide bonds. The molecule has 0 aliphatic heterocycles. The molecule has 0 atom stereocenters. The molecule has 0 heterocycles. The molecule has 2 aromatic rings. The van der Waals surface area contributed by atoms with Crippen LogP contribution in [0.25, 0.3) is 0 Å². The lowest BCUT2D eigenvalue weighted by molar-refractivity contribution is 0.217. The number of aryl methyl sites for hydroxylation is 1. The molecule has 2 rings (SSSR count). The fourth-order valence-corrected chi connectivity index (χ4v) is 1.83. The molecule has 0 radical (unpaired) electrons. The number of nitrogen functional groups attached to an aromatic ring is 1. The van der Waals surface area contributed by atoms with E-state index in [2.05, 4.69) is 0 Å². The molecule has 112 valence electrons. The fourth-order valence-electron chi connectivity index (χ4n) is 1.83. The Kier molecular flexibility index (Phi) is 5.32. The van der Waals surface area contributed by atoms with Crippen LogP contribution in [0.1, 0.15) is 12.5 Å². The average Bonchev–Trinajstić information content (AvgIpc) is 2.49. The van der Waals surface area contributed by atoms with Gasteiger partial charge < -0.3 is 19.9 Å². The molecule has 2 aromatic carbocycles. The van der Waals surface area contributed by atoms with E-state index in [-0.39, 0.29) is 0 Å². The van der Waals surface area contributed by atoms with E-state index in [1.54, 1.807) is 0 Å². The second kappa shape index (κ2) is 7.43. The predicted octanol–water partition coefficient (Wildman–Crippen LogP) is 3.43. The first kappa shape index (κ1) is 15.0. The van der Waals surface area contributed by atoms with Gasteiger partial charge in [0, 0.05) is 11.8 Å². The highest BCUT2D eigenvalue weighted by atomic mass is 16.5. The third kappa shape index (κ3) is 4.60. The van der Waals surface area contributed by atoms with Crippen LogP contribution in [0.4, 0.5) is 5.69 Å². The predicted molar refractivity (Wildman–Crippen MR) is 84.2 cm³/mol. The average molecular weight is 287 g/mol. The van der Waals surface area contributed by atoms with Crippen molar-refractivity contribution in [2.45, 2.75) is 13.8 Å². The van der Waals surface area contributed by atoms with Gasteiger partial charge in [0.2, 0.25) is 0 Å². The first-order valence-electron chi connectivity index (χ1n) is 7.03. The van der Waals surface area contributed by atoms with E-state index in [4.69, 9.17) is 19.9 Å². The molecule has 4 nitrogen and oxygen atoms in total. The maximum atomic E-state index is 5.83. The Bertz CT molecular complexity index is 567. The van der Waals surface area contributed by atoms with E-state index in [1.807, 2.05) is 56.3 Å². The van der Waals surface area contributed by atoms with E-state index in [0.717, 1.165) is 28.5 Å². The van der Waals surface area contributed by atoms with E-state index in [1.165, 1.54) is 0 Å². The van der Waals surface area contributed by atoms with Crippen LogP contribution in [0, 0.1) is 6.92 Å². The Hall–Kier alpha value is -2.36. The van der Waals surface area contributed by atoms with Gasteiger partial charge in [-0.2, -0.15) is 0 Å². The number of ether oxygens (including phenoxy) is 3. The molecule has 4 heteroatoms. The van der Waals surface area contributed by atoms with Crippen molar-refractivity contribution in [2.75, 3.05) is 25.6 Å². The van der Waals surface area contributed by atoms with Gasteiger partial charge >= 0.3 is 0 Å². The highest BCUT2D eigenvalue weighted by molar-refractivity contribution is 5.50. The Morgan fingerprint density at radius 1 is 0.810 bits per heavy atom. The maximum absolute atomic E-state index is 5.83. The van der Waals surface area contributed by atoms with Crippen molar-refractivity contribution in [3.63, 3.8) is 0 Å². The second-order valence-corrected chi connectivity index (χ2v) is 4.62. The van der Waals surface area contributed by atoms with Crippen molar-refractivity contribution >= 4 is 5.69 Å². The van der Waals surface area contributed by atoms with Crippen LogP contribution in [-0.4, -0.2) is 19.8 Å². The van der Waals surface area contributed by atoms with E-state index < -0.39 is 0 Å². The topological polar surface area (TPSA) is 53.7 Å². The van der Waals surface area contributed by atoms with Crippen molar-refractivity contribution in [1.29, 1.82) is 0 Å². The molecule has 2 N–H and O–H groups in total. The summed E-state index contributed by atoms with van der Waals surface area (Å²) in [6, 6.07) is 13.2. The number of benzene rings is 2. The minimum Gasteiger partial charge on any atom is -0.494 e. The molecule has 0 saturated carbocycles. The molecule has 0 aliphatic rings. The number of nitrogens with two attached hydrogens (primary N) is 1. The van der Waals surface area contributed by atoms with Crippen LogP contribution in [0.15, 0.2) is 42.5 Å². The monoisotopic (exact) mass is 287 g/mol. The highest BCUT2D eigenvalue weighted by Gasteiger charge is 1.99. The number of hydrogen-bond donors (Lipinski definition) is 1. The van der Waals surface area contributed by atoms with Crippen molar-refractivity contribution in [2.24, 2.45) is 0 Å². The quantitative estimate of drug-likeness (QED) is 0.626. The van der Waals surface area contributed by atoms with Gasteiger partial charge in [-0.25, -0.2) is 0 Å². The fraction of sp³-hybridized carbons (Fsp3) is 0.294. The van der Waals surface area contributed by atoms with Crippen LogP contribution < -0.4 is 19.9 Å². The minimum atomic E-state index is 0.468. The van der Waals surface area contributed by atoms with Gasteiger partial charge in [-0.1, -0.05) is 6.07 Å². The molecule has 0 spiro atoms. The summed E-state index contributed by atoms with van der Waals surface area (Å²) < 4.78 is 16.6. The van der Waals surface area contributed by atoms with E-state index in [9.17, 15) is 0 Å². The normalized spacial score (nSPS) is 10.2. The first-order valence-corrected chi connectivity index (χ1v) is 7.03. The van der Waals surface area contributed by atoms with Crippen molar-refractivity contribution in [1.82, 2.24) is 0 Å². The summed E-state index contributed by atoms with van der Waals surface area (Å²) in [7, 11) is 0. The van der Waals surface area contributed by atoms with Gasteiger partial charge in [-0.3, -0.25) is 0 Å². The molecular formula is C17H21NO3. The lowest BCUT2D eigenvalue weighted by atomic mass is 10.2. The lowest BCUT2D eigenvalue weighted by Gasteiger charge is -2.10. The van der Waals surface area contributed by atoms with Crippen LogP contribution in [0.5, 0.6) is 17.2 Å². The summed E-state index contributed by atoms with van der Waals surface area (Å²) in [5.74, 6) is 2.40. The number of hydrogen-bond acceptors (Lipinski definition) is 4. The summed E-state index contributed by atoms with van der Waals surface area (Å²) >= 11 is 0. The Balaban J connectivity index is 1.75.